The Kier molecular flexibility index (Phi) is 4.79. The van der Waals surface area contributed by atoms with Crippen LogP contribution in [-0.4, -0.2) is 28.0 Å². The fourth-order valence-electron chi connectivity index (χ4n) is 0.741. The van der Waals surface area contributed by atoms with Gasteiger partial charge in [0.1, 0.15) is 0 Å². The number of aromatic nitrogens is 1. The van der Waals surface area contributed by atoms with Gasteiger partial charge in [0.25, 0.3) is 5.91 Å². The maximum atomic E-state index is 11.2. The van der Waals surface area contributed by atoms with Crippen LogP contribution in [0.25, 0.3) is 0 Å². The number of carboxylic acid groups (broad SMARTS) is 1. The number of hydrogen-bond donors (Lipinski definition) is 3. The van der Waals surface area contributed by atoms with E-state index in [2.05, 4.69) is 26.2 Å². The molecule has 0 saturated heterocycles. The van der Waals surface area contributed by atoms with Gasteiger partial charge < -0.3 is 5.11 Å². The molecule has 0 aliphatic heterocycles. The van der Waals surface area contributed by atoms with Crippen LogP contribution in [0.4, 0.5) is 9.93 Å². The Balaban J connectivity index is 2.45. The minimum atomic E-state index is -1.27. The van der Waals surface area contributed by atoms with Crippen molar-refractivity contribution in [2.45, 2.75) is 0 Å². The van der Waals surface area contributed by atoms with E-state index in [0.717, 1.165) is 9.86 Å². The molecule has 1 heterocycles. The van der Waals surface area contributed by atoms with Crippen LogP contribution in [0.15, 0.2) is 22.1 Å². The summed E-state index contributed by atoms with van der Waals surface area (Å²) in [6.45, 7) is 0. The zero-order valence-corrected chi connectivity index (χ0v) is 10.5. The first-order valence-electron chi connectivity index (χ1n) is 4.11. The van der Waals surface area contributed by atoms with Crippen molar-refractivity contribution >= 4 is 50.3 Å². The molecule has 0 aromatic carbocycles. The monoisotopic (exact) mass is 319 g/mol. The maximum Gasteiger partial charge on any atom is 0.328 e. The van der Waals surface area contributed by atoms with Crippen molar-refractivity contribution in [1.29, 1.82) is 0 Å². The molecule has 0 saturated carbocycles. The van der Waals surface area contributed by atoms with Gasteiger partial charge in [-0.1, -0.05) is 11.3 Å². The first kappa shape index (κ1) is 13.3. The van der Waals surface area contributed by atoms with Crippen LogP contribution in [0.1, 0.15) is 0 Å². The second kappa shape index (κ2) is 6.11. The second-order valence-corrected chi connectivity index (χ2v) is 4.99. The van der Waals surface area contributed by atoms with Gasteiger partial charge >= 0.3 is 12.0 Å². The zero-order chi connectivity index (χ0) is 12.8. The van der Waals surface area contributed by atoms with Crippen molar-refractivity contribution in [2.75, 3.05) is 5.32 Å². The zero-order valence-electron chi connectivity index (χ0n) is 8.14. The number of halogens is 1. The fourth-order valence-corrected chi connectivity index (χ4v) is 1.84. The highest BCUT2D eigenvalue weighted by molar-refractivity contribution is 9.11. The summed E-state index contributed by atoms with van der Waals surface area (Å²) in [6, 6.07) is -0.785. The molecule has 0 unspecified atom stereocenters. The van der Waals surface area contributed by atoms with Gasteiger partial charge in [-0.05, 0) is 15.9 Å². The quantitative estimate of drug-likeness (QED) is 0.725. The lowest BCUT2D eigenvalue weighted by Gasteiger charge is -2.00. The Labute approximate surface area is 108 Å². The average Bonchev–Trinajstić information content (AvgIpc) is 2.60. The molecule has 9 heteroatoms. The highest BCUT2D eigenvalue weighted by Crippen LogP contribution is 2.22. The molecule has 0 radical (unpaired) electrons. The van der Waals surface area contributed by atoms with Crippen LogP contribution < -0.4 is 10.6 Å². The van der Waals surface area contributed by atoms with Gasteiger partial charge in [0.15, 0.2) is 5.13 Å². The van der Waals surface area contributed by atoms with Gasteiger partial charge in [-0.15, -0.1) is 0 Å². The first-order chi connectivity index (χ1) is 7.97. The molecule has 17 heavy (non-hydrogen) atoms. The van der Waals surface area contributed by atoms with Crippen molar-refractivity contribution in [2.24, 2.45) is 0 Å². The molecule has 0 aliphatic carbocycles. The van der Waals surface area contributed by atoms with E-state index in [1.54, 1.807) is 0 Å². The van der Waals surface area contributed by atoms with Gasteiger partial charge in [0, 0.05) is 12.2 Å². The first-order valence-corrected chi connectivity index (χ1v) is 5.72. The molecule has 0 aliphatic rings. The second-order valence-electron chi connectivity index (χ2n) is 2.58. The third-order valence-corrected chi connectivity index (χ3v) is 2.70. The lowest BCUT2D eigenvalue weighted by molar-refractivity contribution is -0.131. The number of nitrogens with one attached hydrogen (secondary N) is 2. The number of thiazole rings is 1. The molecule has 0 spiro atoms. The van der Waals surface area contributed by atoms with E-state index in [0.29, 0.717) is 11.2 Å². The smallest absolute Gasteiger partial charge is 0.328 e. The summed E-state index contributed by atoms with van der Waals surface area (Å²) in [6.07, 6.45) is 2.86. The molecule has 90 valence electrons. The Morgan fingerprint density at radius 2 is 2.12 bits per heavy atom. The number of amides is 3. The van der Waals surface area contributed by atoms with Crippen molar-refractivity contribution in [3.8, 4) is 0 Å². The average molecular weight is 320 g/mol. The van der Waals surface area contributed by atoms with Crippen molar-refractivity contribution in [3.63, 3.8) is 0 Å². The third kappa shape index (κ3) is 5.22. The fraction of sp³-hybridized carbons (Fsp3) is 0. The lowest BCUT2D eigenvalue weighted by atomic mass is 10.5. The summed E-state index contributed by atoms with van der Waals surface area (Å²) in [7, 11) is 0. The molecule has 0 bridgehead atoms. The molecule has 0 fully saturated rings. The van der Waals surface area contributed by atoms with E-state index in [-0.39, 0.29) is 0 Å². The molecule has 1 rings (SSSR count). The van der Waals surface area contributed by atoms with Gasteiger partial charge in [0.2, 0.25) is 0 Å². The maximum absolute atomic E-state index is 11.2. The summed E-state index contributed by atoms with van der Waals surface area (Å²) < 4.78 is 0.727. The van der Waals surface area contributed by atoms with E-state index in [4.69, 9.17) is 5.11 Å². The number of aliphatic carboxylic acids is 1. The Bertz CT molecular complexity index is 485. The van der Waals surface area contributed by atoms with E-state index >= 15 is 0 Å². The minimum Gasteiger partial charge on any atom is -0.478 e. The molecule has 3 amide bonds. The Morgan fingerprint density at radius 1 is 1.41 bits per heavy atom. The number of carboxylic acids is 1. The summed E-state index contributed by atoms with van der Waals surface area (Å²) in [4.78, 5) is 36.1. The largest absolute Gasteiger partial charge is 0.478 e. The van der Waals surface area contributed by atoms with Crippen molar-refractivity contribution in [3.05, 3.63) is 22.1 Å². The summed E-state index contributed by atoms with van der Waals surface area (Å²) in [5.74, 6) is -2.11. The lowest BCUT2D eigenvalue weighted by Crippen LogP contribution is -2.33. The number of carbonyl (C=O) groups excluding carboxylic acids is 2. The van der Waals surface area contributed by atoms with Crippen LogP contribution in [0.3, 0.4) is 0 Å². The number of anilines is 1. The van der Waals surface area contributed by atoms with E-state index in [1.165, 1.54) is 17.5 Å². The van der Waals surface area contributed by atoms with E-state index in [9.17, 15) is 14.4 Å². The number of carbonyl (C=O) groups is 3. The van der Waals surface area contributed by atoms with Gasteiger partial charge in [-0.2, -0.15) is 0 Å². The molecule has 3 N–H and O–H groups in total. The van der Waals surface area contributed by atoms with Crippen molar-refractivity contribution < 1.29 is 19.5 Å². The highest BCUT2D eigenvalue weighted by Gasteiger charge is 2.07. The van der Waals surface area contributed by atoms with Crippen molar-refractivity contribution in [1.82, 2.24) is 10.3 Å². The molecule has 7 nitrogen and oxygen atoms in total. The number of urea groups is 1. The number of nitrogens with zero attached hydrogens (tertiary/aromatic N) is 1. The Hall–Kier alpha value is -1.74. The summed E-state index contributed by atoms with van der Waals surface area (Å²) in [5.41, 5.74) is 0. The number of imide groups is 1. The van der Waals surface area contributed by atoms with Crippen LogP contribution in [0.2, 0.25) is 0 Å². The molecular weight excluding hydrogens is 314 g/mol. The summed E-state index contributed by atoms with van der Waals surface area (Å²) >= 11 is 4.33. The summed E-state index contributed by atoms with van der Waals surface area (Å²) in [5, 5.41) is 12.8. The van der Waals surface area contributed by atoms with E-state index < -0.39 is 17.9 Å². The van der Waals surface area contributed by atoms with Crippen LogP contribution in [0.5, 0.6) is 0 Å². The Morgan fingerprint density at radius 3 is 2.65 bits per heavy atom. The minimum absolute atomic E-state index is 0.310. The predicted octanol–water partition coefficient (Wildman–Crippen LogP) is 1.19. The van der Waals surface area contributed by atoms with Crippen LogP contribution in [-0.2, 0) is 9.59 Å². The van der Waals surface area contributed by atoms with Gasteiger partial charge in [-0.3, -0.25) is 15.4 Å². The predicted molar refractivity (Wildman–Crippen MR) is 63.8 cm³/mol. The van der Waals surface area contributed by atoms with E-state index in [1.807, 2.05) is 5.32 Å². The number of hydrogen-bond acceptors (Lipinski definition) is 5. The van der Waals surface area contributed by atoms with Crippen LogP contribution in [0, 0.1) is 0 Å². The molecule has 1 aromatic rings. The SMILES string of the molecule is O=C(O)/C=C/C(=O)NC(=O)Nc1ncc(Br)s1. The van der Waals surface area contributed by atoms with Gasteiger partial charge in [0.05, 0.1) is 9.98 Å². The molecular formula is C8H6BrN3O4S. The third-order valence-electron chi connectivity index (χ3n) is 1.31. The molecule has 1 aromatic heterocycles. The normalized spacial score (nSPS) is 10.2. The topological polar surface area (TPSA) is 108 Å². The highest BCUT2D eigenvalue weighted by atomic mass is 79.9. The molecule has 0 atom stereocenters. The van der Waals surface area contributed by atoms with Gasteiger partial charge in [-0.25, -0.2) is 14.6 Å². The number of rotatable bonds is 3. The standard InChI is InChI=1S/C8H6BrN3O4S/c9-4-3-10-8(17-4)12-7(16)11-5(13)1-2-6(14)15/h1-3H,(H,14,15)(H2,10,11,12,13,16)/b2-1+. The van der Waals surface area contributed by atoms with Crippen LogP contribution >= 0.6 is 27.3 Å².